The standard InChI is InChI=1S/C19H17ClN2O4S/c1-3-27(24,25)14-8-6-7-13(11-14)21-19(23)17-12(2)26-22-18(17)15-9-4-5-10-16(15)20/h4-11H,3H2,1-2H3,(H,21,23). The van der Waals surface area contributed by atoms with Gasteiger partial charge in [0.25, 0.3) is 5.91 Å². The fourth-order valence-electron chi connectivity index (χ4n) is 2.60. The number of rotatable bonds is 5. The third kappa shape index (κ3) is 3.89. The number of nitrogens with zero attached hydrogens (tertiary/aromatic N) is 1. The Hall–Kier alpha value is -2.64. The monoisotopic (exact) mass is 404 g/mol. The van der Waals surface area contributed by atoms with Crippen LogP contribution in [0.25, 0.3) is 11.3 Å². The minimum absolute atomic E-state index is 0.0220. The maximum atomic E-state index is 12.8. The molecule has 1 aromatic heterocycles. The highest BCUT2D eigenvalue weighted by Crippen LogP contribution is 2.31. The normalized spacial score (nSPS) is 11.4. The summed E-state index contributed by atoms with van der Waals surface area (Å²) >= 11 is 6.21. The molecule has 0 aliphatic rings. The number of nitrogens with one attached hydrogen (secondary N) is 1. The Bertz CT molecular complexity index is 1110. The number of aromatic nitrogens is 1. The van der Waals surface area contributed by atoms with Gasteiger partial charge in [0.15, 0.2) is 9.84 Å². The molecule has 2 aromatic carbocycles. The molecule has 3 aromatic rings. The summed E-state index contributed by atoms with van der Waals surface area (Å²) in [6, 6.07) is 13.1. The van der Waals surface area contributed by atoms with E-state index in [4.69, 9.17) is 16.1 Å². The van der Waals surface area contributed by atoms with E-state index in [0.29, 0.717) is 27.7 Å². The second-order valence-electron chi connectivity index (χ2n) is 5.83. The summed E-state index contributed by atoms with van der Waals surface area (Å²) in [4.78, 5) is 13.0. The van der Waals surface area contributed by atoms with Gasteiger partial charge in [-0.05, 0) is 31.2 Å². The summed E-state index contributed by atoms with van der Waals surface area (Å²) in [6.45, 7) is 3.19. The first-order valence-corrected chi connectivity index (χ1v) is 10.2. The zero-order valence-corrected chi connectivity index (χ0v) is 16.3. The van der Waals surface area contributed by atoms with Gasteiger partial charge in [0.2, 0.25) is 0 Å². The Kier molecular flexibility index (Phi) is 5.34. The highest BCUT2D eigenvalue weighted by Gasteiger charge is 2.23. The molecular weight excluding hydrogens is 388 g/mol. The van der Waals surface area contributed by atoms with Crippen molar-refractivity contribution in [3.8, 4) is 11.3 Å². The van der Waals surface area contributed by atoms with E-state index in [1.807, 2.05) is 0 Å². The second kappa shape index (κ2) is 7.54. The van der Waals surface area contributed by atoms with Gasteiger partial charge in [-0.2, -0.15) is 0 Å². The molecule has 1 amide bonds. The highest BCUT2D eigenvalue weighted by atomic mass is 35.5. The van der Waals surface area contributed by atoms with Crippen LogP contribution in [-0.2, 0) is 9.84 Å². The lowest BCUT2D eigenvalue weighted by molar-refractivity contribution is 0.102. The molecule has 6 nitrogen and oxygen atoms in total. The van der Waals surface area contributed by atoms with E-state index in [0.717, 1.165) is 0 Å². The first-order valence-electron chi connectivity index (χ1n) is 8.19. The van der Waals surface area contributed by atoms with Crippen molar-refractivity contribution >= 4 is 33.0 Å². The Morgan fingerprint density at radius 3 is 2.63 bits per heavy atom. The van der Waals surface area contributed by atoms with E-state index in [1.165, 1.54) is 12.1 Å². The molecule has 0 aliphatic heterocycles. The van der Waals surface area contributed by atoms with Crippen molar-refractivity contribution in [2.45, 2.75) is 18.7 Å². The fourth-order valence-corrected chi connectivity index (χ4v) is 3.76. The van der Waals surface area contributed by atoms with Gasteiger partial charge in [0, 0.05) is 11.3 Å². The number of hydrogen-bond acceptors (Lipinski definition) is 5. The molecule has 140 valence electrons. The van der Waals surface area contributed by atoms with Crippen LogP contribution in [0.1, 0.15) is 23.0 Å². The summed E-state index contributed by atoms with van der Waals surface area (Å²) in [5.74, 6) is -0.152. The molecule has 0 aliphatic carbocycles. The van der Waals surface area contributed by atoms with Gasteiger partial charge in [-0.3, -0.25) is 4.79 Å². The Balaban J connectivity index is 1.96. The van der Waals surface area contributed by atoms with Gasteiger partial charge < -0.3 is 9.84 Å². The zero-order valence-electron chi connectivity index (χ0n) is 14.7. The number of aryl methyl sites for hydroxylation is 1. The van der Waals surface area contributed by atoms with E-state index in [9.17, 15) is 13.2 Å². The fraction of sp³-hybridized carbons (Fsp3) is 0.158. The van der Waals surface area contributed by atoms with Crippen molar-refractivity contribution in [3.63, 3.8) is 0 Å². The molecule has 0 saturated heterocycles. The number of carbonyl (C=O) groups excluding carboxylic acids is 1. The third-order valence-electron chi connectivity index (χ3n) is 4.05. The summed E-state index contributed by atoms with van der Waals surface area (Å²) in [5.41, 5.74) is 1.50. The molecule has 0 atom stereocenters. The first-order chi connectivity index (χ1) is 12.8. The number of benzene rings is 2. The lowest BCUT2D eigenvalue weighted by atomic mass is 10.1. The number of halogens is 1. The SMILES string of the molecule is CCS(=O)(=O)c1cccc(NC(=O)c2c(-c3ccccc3Cl)noc2C)c1. The van der Waals surface area contributed by atoms with Crippen molar-refractivity contribution in [1.29, 1.82) is 0 Å². The summed E-state index contributed by atoms with van der Waals surface area (Å²) in [5, 5.41) is 7.11. The van der Waals surface area contributed by atoms with Crippen LogP contribution < -0.4 is 5.32 Å². The van der Waals surface area contributed by atoms with Crippen LogP contribution in [0, 0.1) is 6.92 Å². The molecule has 1 N–H and O–H groups in total. The molecule has 0 fully saturated rings. The first kappa shape index (κ1) is 19.1. The van der Waals surface area contributed by atoms with Gasteiger partial charge >= 0.3 is 0 Å². The average Bonchev–Trinajstić information content (AvgIpc) is 3.03. The van der Waals surface area contributed by atoms with Crippen molar-refractivity contribution in [1.82, 2.24) is 5.16 Å². The molecule has 8 heteroatoms. The van der Waals surface area contributed by atoms with Crippen molar-refractivity contribution in [2.75, 3.05) is 11.1 Å². The van der Waals surface area contributed by atoms with Gasteiger partial charge in [-0.1, -0.05) is 47.9 Å². The van der Waals surface area contributed by atoms with E-state index < -0.39 is 15.7 Å². The second-order valence-corrected chi connectivity index (χ2v) is 8.51. The summed E-state index contributed by atoms with van der Waals surface area (Å²) < 4.78 is 29.3. The van der Waals surface area contributed by atoms with Crippen molar-refractivity contribution < 1.29 is 17.7 Å². The molecule has 0 saturated carbocycles. The Morgan fingerprint density at radius 2 is 1.93 bits per heavy atom. The quantitative estimate of drug-likeness (QED) is 0.682. The summed E-state index contributed by atoms with van der Waals surface area (Å²) in [7, 11) is -3.37. The molecule has 0 spiro atoms. The number of anilines is 1. The molecule has 0 bridgehead atoms. The molecule has 0 unspecified atom stereocenters. The van der Waals surface area contributed by atoms with E-state index >= 15 is 0 Å². The van der Waals surface area contributed by atoms with E-state index in [2.05, 4.69) is 10.5 Å². The largest absolute Gasteiger partial charge is 0.360 e. The number of carbonyl (C=O) groups is 1. The predicted octanol–water partition coefficient (Wildman–Crippen LogP) is 4.35. The van der Waals surface area contributed by atoms with E-state index in [-0.39, 0.29) is 16.2 Å². The van der Waals surface area contributed by atoms with Crippen LogP contribution in [0.3, 0.4) is 0 Å². The molecule has 27 heavy (non-hydrogen) atoms. The highest BCUT2D eigenvalue weighted by molar-refractivity contribution is 7.91. The van der Waals surface area contributed by atoms with Crippen LogP contribution in [0.4, 0.5) is 5.69 Å². The maximum Gasteiger partial charge on any atom is 0.261 e. The number of amides is 1. The van der Waals surface area contributed by atoms with Crippen molar-refractivity contribution in [3.05, 3.63) is 64.9 Å². The van der Waals surface area contributed by atoms with Crippen LogP contribution in [0.15, 0.2) is 57.9 Å². The Labute approximate surface area is 162 Å². The van der Waals surface area contributed by atoms with Crippen LogP contribution >= 0.6 is 11.6 Å². The number of hydrogen-bond donors (Lipinski definition) is 1. The van der Waals surface area contributed by atoms with Gasteiger partial charge in [-0.15, -0.1) is 0 Å². The van der Waals surface area contributed by atoms with E-state index in [1.54, 1.807) is 50.2 Å². The molecular formula is C19H17ClN2O4S. The van der Waals surface area contributed by atoms with Crippen LogP contribution in [0.2, 0.25) is 5.02 Å². The van der Waals surface area contributed by atoms with Gasteiger partial charge in [0.1, 0.15) is 17.0 Å². The summed E-state index contributed by atoms with van der Waals surface area (Å²) in [6.07, 6.45) is 0. The minimum atomic E-state index is -3.37. The predicted molar refractivity (Wildman–Crippen MR) is 104 cm³/mol. The van der Waals surface area contributed by atoms with Gasteiger partial charge in [-0.25, -0.2) is 8.42 Å². The zero-order chi connectivity index (χ0) is 19.6. The third-order valence-corrected chi connectivity index (χ3v) is 6.11. The van der Waals surface area contributed by atoms with Gasteiger partial charge in [0.05, 0.1) is 15.7 Å². The number of sulfone groups is 1. The van der Waals surface area contributed by atoms with Crippen molar-refractivity contribution in [2.24, 2.45) is 0 Å². The lowest BCUT2D eigenvalue weighted by Crippen LogP contribution is -2.14. The molecule has 3 rings (SSSR count). The molecule has 0 radical (unpaired) electrons. The smallest absolute Gasteiger partial charge is 0.261 e. The Morgan fingerprint density at radius 1 is 1.19 bits per heavy atom. The topological polar surface area (TPSA) is 89.3 Å². The average molecular weight is 405 g/mol. The molecule has 1 heterocycles. The van der Waals surface area contributed by atoms with Crippen LogP contribution in [0.5, 0.6) is 0 Å². The van der Waals surface area contributed by atoms with Crippen LogP contribution in [-0.4, -0.2) is 25.2 Å². The lowest BCUT2D eigenvalue weighted by Gasteiger charge is -2.08. The maximum absolute atomic E-state index is 12.8. The minimum Gasteiger partial charge on any atom is -0.360 e.